The second-order valence-corrected chi connectivity index (χ2v) is 7.75. The summed E-state index contributed by atoms with van der Waals surface area (Å²) in [6.07, 6.45) is 1.47. The molecule has 0 bridgehead atoms. The molecule has 6 nitrogen and oxygen atoms in total. The second-order valence-electron chi connectivity index (χ2n) is 6.91. The van der Waals surface area contributed by atoms with Crippen molar-refractivity contribution in [2.45, 2.75) is 13.8 Å². The lowest BCUT2D eigenvalue weighted by Gasteiger charge is -2.07. The number of carbonyl (C=O) groups is 2. The van der Waals surface area contributed by atoms with E-state index in [9.17, 15) is 9.59 Å². The molecule has 8 heteroatoms. The number of hydrazone groups is 1. The minimum absolute atomic E-state index is 0.151. The van der Waals surface area contributed by atoms with Crippen molar-refractivity contribution in [3.63, 3.8) is 0 Å². The molecule has 0 aliphatic carbocycles. The van der Waals surface area contributed by atoms with E-state index in [2.05, 4.69) is 10.5 Å². The van der Waals surface area contributed by atoms with Gasteiger partial charge in [-0.15, -0.1) is 0 Å². The fourth-order valence-corrected chi connectivity index (χ4v) is 3.09. The highest BCUT2D eigenvalue weighted by Gasteiger charge is 2.13. The van der Waals surface area contributed by atoms with Crippen LogP contribution in [0.3, 0.4) is 0 Å². The lowest BCUT2D eigenvalue weighted by molar-refractivity contribution is -0.123. The molecule has 3 aromatic rings. The van der Waals surface area contributed by atoms with E-state index >= 15 is 0 Å². The van der Waals surface area contributed by atoms with Gasteiger partial charge < -0.3 is 9.47 Å². The quantitative estimate of drug-likeness (QED) is 0.218. The van der Waals surface area contributed by atoms with Crippen LogP contribution in [-0.4, -0.2) is 24.7 Å². The summed E-state index contributed by atoms with van der Waals surface area (Å²) in [7, 11) is 0. The predicted molar refractivity (Wildman–Crippen MR) is 125 cm³/mol. The van der Waals surface area contributed by atoms with Crippen molar-refractivity contribution in [1.29, 1.82) is 0 Å². The summed E-state index contributed by atoms with van der Waals surface area (Å²) in [4.78, 5) is 24.1. The van der Waals surface area contributed by atoms with Crippen molar-refractivity contribution >= 4 is 41.3 Å². The van der Waals surface area contributed by atoms with Gasteiger partial charge in [0.05, 0.1) is 16.8 Å². The number of carbonyl (C=O) groups excluding carboxylic acids is 2. The molecule has 0 atom stereocenters. The van der Waals surface area contributed by atoms with Crippen LogP contribution in [0.25, 0.3) is 0 Å². The second kappa shape index (κ2) is 10.8. The van der Waals surface area contributed by atoms with Gasteiger partial charge in [0.25, 0.3) is 5.91 Å². The van der Waals surface area contributed by atoms with Gasteiger partial charge in [-0.3, -0.25) is 4.79 Å². The van der Waals surface area contributed by atoms with Crippen LogP contribution < -0.4 is 14.9 Å². The summed E-state index contributed by atoms with van der Waals surface area (Å²) in [5.74, 6) is -0.0183. The molecule has 0 spiro atoms. The number of esters is 1. The third-order valence-electron chi connectivity index (χ3n) is 4.49. The van der Waals surface area contributed by atoms with Crippen molar-refractivity contribution in [3.8, 4) is 11.5 Å². The topological polar surface area (TPSA) is 77.0 Å². The molecule has 32 heavy (non-hydrogen) atoms. The molecule has 1 amide bonds. The van der Waals surface area contributed by atoms with Crippen LogP contribution in [0.2, 0.25) is 10.0 Å². The Balaban J connectivity index is 1.48. The van der Waals surface area contributed by atoms with Gasteiger partial charge in [-0.2, -0.15) is 5.10 Å². The molecular formula is C24H20Cl2N2O4. The molecule has 164 valence electrons. The lowest BCUT2D eigenvalue weighted by Crippen LogP contribution is -2.24. The molecular weight excluding hydrogens is 451 g/mol. The number of aryl methyl sites for hydroxylation is 2. The van der Waals surface area contributed by atoms with E-state index in [4.69, 9.17) is 32.7 Å². The molecule has 0 aliphatic heterocycles. The van der Waals surface area contributed by atoms with Gasteiger partial charge in [0, 0.05) is 5.02 Å². The fourth-order valence-electron chi connectivity index (χ4n) is 2.60. The van der Waals surface area contributed by atoms with E-state index in [1.165, 1.54) is 18.3 Å². The number of hydrogen-bond acceptors (Lipinski definition) is 5. The Morgan fingerprint density at radius 1 is 0.938 bits per heavy atom. The van der Waals surface area contributed by atoms with Gasteiger partial charge >= 0.3 is 5.97 Å². The Hall–Kier alpha value is -3.35. The SMILES string of the molecule is Cc1ccc(OCC(=O)N/N=C/c2ccc(OC(=O)c3ccc(Cl)cc3Cl)cc2)cc1C. The minimum Gasteiger partial charge on any atom is -0.484 e. The van der Waals surface area contributed by atoms with Crippen molar-refractivity contribution in [1.82, 2.24) is 5.43 Å². The normalized spacial score (nSPS) is 10.8. The van der Waals surface area contributed by atoms with Gasteiger partial charge in [-0.25, -0.2) is 10.2 Å². The van der Waals surface area contributed by atoms with Crippen molar-refractivity contribution in [2.24, 2.45) is 5.10 Å². The fraction of sp³-hybridized carbons (Fsp3) is 0.125. The smallest absolute Gasteiger partial charge is 0.345 e. The summed E-state index contributed by atoms with van der Waals surface area (Å²) in [5, 5.41) is 4.54. The molecule has 3 aromatic carbocycles. The summed E-state index contributed by atoms with van der Waals surface area (Å²) >= 11 is 11.9. The summed E-state index contributed by atoms with van der Waals surface area (Å²) in [6, 6.07) is 16.7. The van der Waals surface area contributed by atoms with Crippen LogP contribution in [0.15, 0.2) is 65.8 Å². The zero-order chi connectivity index (χ0) is 23.1. The Labute approximate surface area is 195 Å². The van der Waals surface area contributed by atoms with Crippen molar-refractivity contribution in [2.75, 3.05) is 6.61 Å². The van der Waals surface area contributed by atoms with E-state index in [1.54, 1.807) is 30.3 Å². The van der Waals surface area contributed by atoms with Gasteiger partial charge in [0.1, 0.15) is 11.5 Å². The number of halogens is 2. The first kappa shape index (κ1) is 23.3. The van der Waals surface area contributed by atoms with E-state index in [0.717, 1.165) is 11.1 Å². The molecule has 0 saturated heterocycles. The van der Waals surface area contributed by atoms with Crippen LogP contribution in [0.4, 0.5) is 0 Å². The molecule has 0 unspecified atom stereocenters. The third kappa shape index (κ3) is 6.57. The molecule has 0 fully saturated rings. The van der Waals surface area contributed by atoms with Gasteiger partial charge in [0.15, 0.2) is 6.61 Å². The highest BCUT2D eigenvalue weighted by Crippen LogP contribution is 2.23. The summed E-state index contributed by atoms with van der Waals surface area (Å²) in [6.45, 7) is 3.83. The Morgan fingerprint density at radius 2 is 1.66 bits per heavy atom. The standard InChI is InChI=1S/C24H20Cl2N2O4/c1-15-3-7-20(11-16(15)2)31-14-23(29)28-27-13-17-4-8-19(9-5-17)32-24(30)21-10-6-18(25)12-22(21)26/h3-13H,14H2,1-2H3,(H,28,29)/b27-13+. The average Bonchev–Trinajstić information content (AvgIpc) is 2.75. The zero-order valence-corrected chi connectivity index (χ0v) is 18.9. The summed E-state index contributed by atoms with van der Waals surface area (Å²) in [5.41, 5.74) is 5.56. The number of nitrogens with one attached hydrogen (secondary N) is 1. The van der Waals surface area contributed by atoms with Crippen molar-refractivity contribution in [3.05, 3.63) is 93.0 Å². The first-order valence-corrected chi connectivity index (χ1v) is 10.4. The van der Waals surface area contributed by atoms with E-state index in [0.29, 0.717) is 22.1 Å². The average molecular weight is 471 g/mol. The van der Waals surface area contributed by atoms with Crippen LogP contribution >= 0.6 is 23.2 Å². The predicted octanol–water partition coefficient (Wildman–Crippen LogP) is 5.36. The maximum absolute atomic E-state index is 12.2. The van der Waals surface area contributed by atoms with Gasteiger partial charge in [-0.1, -0.05) is 29.3 Å². The molecule has 0 heterocycles. The van der Waals surface area contributed by atoms with Gasteiger partial charge in [0.2, 0.25) is 0 Å². The van der Waals surface area contributed by atoms with Crippen LogP contribution in [0.5, 0.6) is 11.5 Å². The Morgan fingerprint density at radius 3 is 2.34 bits per heavy atom. The van der Waals surface area contributed by atoms with Gasteiger partial charge in [-0.05, 0) is 85.1 Å². The number of benzene rings is 3. The molecule has 1 N–H and O–H groups in total. The Kier molecular flexibility index (Phi) is 7.87. The highest BCUT2D eigenvalue weighted by molar-refractivity contribution is 6.36. The zero-order valence-electron chi connectivity index (χ0n) is 17.4. The third-order valence-corrected chi connectivity index (χ3v) is 5.04. The molecule has 0 saturated carbocycles. The minimum atomic E-state index is -0.593. The first-order valence-electron chi connectivity index (χ1n) is 9.61. The maximum Gasteiger partial charge on any atom is 0.345 e. The molecule has 0 aliphatic rings. The summed E-state index contributed by atoms with van der Waals surface area (Å²) < 4.78 is 10.8. The van der Waals surface area contributed by atoms with Crippen LogP contribution in [0, 0.1) is 13.8 Å². The van der Waals surface area contributed by atoms with E-state index in [1.807, 2.05) is 32.0 Å². The number of ether oxygens (including phenoxy) is 2. The molecule has 0 aromatic heterocycles. The maximum atomic E-state index is 12.2. The van der Waals surface area contributed by atoms with Crippen LogP contribution in [0.1, 0.15) is 27.0 Å². The van der Waals surface area contributed by atoms with Crippen LogP contribution in [-0.2, 0) is 4.79 Å². The number of hydrogen-bond donors (Lipinski definition) is 1. The van der Waals surface area contributed by atoms with Crippen molar-refractivity contribution < 1.29 is 19.1 Å². The highest BCUT2D eigenvalue weighted by atomic mass is 35.5. The largest absolute Gasteiger partial charge is 0.484 e. The Bertz CT molecular complexity index is 1160. The first-order chi connectivity index (χ1) is 15.3. The van der Waals surface area contributed by atoms with E-state index in [-0.39, 0.29) is 23.1 Å². The lowest BCUT2D eigenvalue weighted by atomic mass is 10.1. The number of rotatable bonds is 7. The molecule has 0 radical (unpaired) electrons. The monoisotopic (exact) mass is 470 g/mol. The number of nitrogens with zero attached hydrogens (tertiary/aromatic N) is 1. The number of amides is 1. The molecule has 3 rings (SSSR count). The van der Waals surface area contributed by atoms with E-state index < -0.39 is 5.97 Å².